The number of halogens is 2. The van der Waals surface area contributed by atoms with Gasteiger partial charge >= 0.3 is 0 Å². The van der Waals surface area contributed by atoms with Crippen LogP contribution in [0.25, 0.3) is 11.0 Å². The molecule has 2 aromatic rings. The number of aldehydes is 1. The van der Waals surface area contributed by atoms with Gasteiger partial charge in [-0.15, -0.1) is 0 Å². The molecule has 2 nitrogen and oxygen atoms in total. The highest BCUT2D eigenvalue weighted by molar-refractivity contribution is 5.85. The van der Waals surface area contributed by atoms with E-state index in [9.17, 15) is 13.6 Å². The molecule has 0 aliphatic carbocycles. The number of hydrogen-bond acceptors (Lipinski definition) is 2. The minimum atomic E-state index is -0.991. The topological polar surface area (TPSA) is 30.2 Å². The van der Waals surface area contributed by atoms with Crippen LogP contribution >= 0.6 is 0 Å². The quantitative estimate of drug-likeness (QED) is 0.634. The van der Waals surface area contributed by atoms with E-state index >= 15 is 0 Å². The third-order valence-electron chi connectivity index (χ3n) is 1.72. The van der Waals surface area contributed by atoms with Crippen molar-refractivity contribution in [3.63, 3.8) is 0 Å². The van der Waals surface area contributed by atoms with Crippen LogP contribution in [-0.2, 0) is 0 Å². The lowest BCUT2D eigenvalue weighted by Gasteiger charge is -1.91. The van der Waals surface area contributed by atoms with Crippen molar-refractivity contribution in [1.82, 2.24) is 0 Å². The van der Waals surface area contributed by atoms with E-state index in [0.29, 0.717) is 6.29 Å². The maximum Gasteiger partial charge on any atom is 0.185 e. The minimum absolute atomic E-state index is 0.0119. The molecule has 0 atom stereocenters. The fraction of sp³-hybridized carbons (Fsp3) is 0. The van der Waals surface area contributed by atoms with Gasteiger partial charge in [-0.3, -0.25) is 4.79 Å². The standard InChI is InChI=1S/C9H4F2O2/c10-7-1-2-8-6(9(7)11)3-5(4-12)13-8/h1-4H. The van der Waals surface area contributed by atoms with E-state index in [4.69, 9.17) is 4.42 Å². The molecule has 1 aromatic carbocycles. The molecule has 0 saturated heterocycles. The lowest BCUT2D eigenvalue weighted by Crippen LogP contribution is -1.81. The van der Waals surface area contributed by atoms with Gasteiger partial charge in [-0.25, -0.2) is 8.78 Å². The van der Waals surface area contributed by atoms with Crippen LogP contribution in [0.15, 0.2) is 22.6 Å². The zero-order valence-electron chi connectivity index (χ0n) is 6.38. The van der Waals surface area contributed by atoms with Gasteiger partial charge in [-0.2, -0.15) is 0 Å². The fourth-order valence-corrected chi connectivity index (χ4v) is 1.13. The number of fused-ring (bicyclic) bond motifs is 1. The maximum absolute atomic E-state index is 13.0. The van der Waals surface area contributed by atoms with Crippen molar-refractivity contribution >= 4 is 17.3 Å². The molecule has 0 N–H and O–H groups in total. The molecule has 0 fully saturated rings. The molecule has 4 heteroatoms. The molecule has 1 heterocycles. The molecule has 66 valence electrons. The Morgan fingerprint density at radius 2 is 2.08 bits per heavy atom. The second-order valence-corrected chi connectivity index (χ2v) is 2.54. The average molecular weight is 182 g/mol. The van der Waals surface area contributed by atoms with Gasteiger partial charge in [-0.1, -0.05) is 0 Å². The van der Waals surface area contributed by atoms with E-state index in [1.807, 2.05) is 0 Å². The Morgan fingerprint density at radius 1 is 1.31 bits per heavy atom. The normalized spacial score (nSPS) is 10.6. The van der Waals surface area contributed by atoms with Crippen molar-refractivity contribution in [1.29, 1.82) is 0 Å². The number of hydrogen-bond donors (Lipinski definition) is 0. The number of benzene rings is 1. The third kappa shape index (κ3) is 1.11. The third-order valence-corrected chi connectivity index (χ3v) is 1.72. The van der Waals surface area contributed by atoms with Crippen LogP contribution in [0.3, 0.4) is 0 Å². The fourth-order valence-electron chi connectivity index (χ4n) is 1.13. The summed E-state index contributed by atoms with van der Waals surface area (Å²) in [6.45, 7) is 0. The van der Waals surface area contributed by atoms with Crippen LogP contribution in [0.1, 0.15) is 10.6 Å². The summed E-state index contributed by atoms with van der Waals surface area (Å²) in [5, 5.41) is -0.0119. The van der Waals surface area contributed by atoms with E-state index < -0.39 is 11.6 Å². The highest BCUT2D eigenvalue weighted by Crippen LogP contribution is 2.23. The predicted octanol–water partition coefficient (Wildman–Crippen LogP) is 2.52. The average Bonchev–Trinajstić information content (AvgIpc) is 2.55. The molecule has 0 amide bonds. The van der Waals surface area contributed by atoms with Gasteiger partial charge in [0, 0.05) is 0 Å². The summed E-state index contributed by atoms with van der Waals surface area (Å²) in [7, 11) is 0. The maximum atomic E-state index is 13.0. The van der Waals surface area contributed by atoms with Crippen LogP contribution in [0.5, 0.6) is 0 Å². The molecule has 0 bridgehead atoms. The second-order valence-electron chi connectivity index (χ2n) is 2.54. The zero-order chi connectivity index (χ0) is 9.42. The molecule has 0 aliphatic rings. The Morgan fingerprint density at radius 3 is 2.77 bits per heavy atom. The van der Waals surface area contributed by atoms with Crippen molar-refractivity contribution in [3.8, 4) is 0 Å². The molecular formula is C9H4F2O2. The largest absolute Gasteiger partial charge is 0.453 e. The summed E-state index contributed by atoms with van der Waals surface area (Å²) in [6.07, 6.45) is 0.442. The summed E-state index contributed by atoms with van der Waals surface area (Å²) in [5.41, 5.74) is 0.168. The number of rotatable bonds is 1. The summed E-state index contributed by atoms with van der Waals surface area (Å²) in [4.78, 5) is 10.3. The zero-order valence-corrected chi connectivity index (χ0v) is 6.38. The highest BCUT2D eigenvalue weighted by Gasteiger charge is 2.11. The Bertz CT molecular complexity index is 474. The molecule has 0 unspecified atom stereocenters. The minimum Gasteiger partial charge on any atom is -0.453 e. The van der Waals surface area contributed by atoms with Crippen molar-refractivity contribution < 1.29 is 18.0 Å². The molecule has 13 heavy (non-hydrogen) atoms. The van der Waals surface area contributed by atoms with Gasteiger partial charge in [0.15, 0.2) is 23.7 Å². The Kier molecular flexibility index (Phi) is 1.62. The van der Waals surface area contributed by atoms with E-state index in [1.165, 1.54) is 12.1 Å². The SMILES string of the molecule is O=Cc1cc2c(F)c(F)ccc2o1. The predicted molar refractivity (Wildman–Crippen MR) is 41.5 cm³/mol. The van der Waals surface area contributed by atoms with Crippen LogP contribution in [0.2, 0.25) is 0 Å². The molecular weight excluding hydrogens is 178 g/mol. The molecule has 2 rings (SSSR count). The van der Waals surface area contributed by atoms with E-state index in [2.05, 4.69) is 0 Å². The molecule has 0 saturated carbocycles. The first-order valence-electron chi connectivity index (χ1n) is 3.55. The van der Waals surface area contributed by atoms with E-state index in [1.54, 1.807) is 0 Å². The highest BCUT2D eigenvalue weighted by atomic mass is 19.2. The second kappa shape index (κ2) is 2.65. The first-order chi connectivity index (χ1) is 6.22. The van der Waals surface area contributed by atoms with Gasteiger partial charge in [-0.05, 0) is 18.2 Å². The number of carbonyl (C=O) groups excluding carboxylic acids is 1. The lowest BCUT2D eigenvalue weighted by molar-refractivity contribution is 0.110. The van der Waals surface area contributed by atoms with Crippen molar-refractivity contribution in [2.75, 3.05) is 0 Å². The monoisotopic (exact) mass is 182 g/mol. The molecule has 0 radical (unpaired) electrons. The van der Waals surface area contributed by atoms with Crippen molar-refractivity contribution in [2.24, 2.45) is 0 Å². The first kappa shape index (κ1) is 7.91. The number of carbonyl (C=O) groups is 1. The summed E-state index contributed by atoms with van der Waals surface area (Å²) >= 11 is 0. The smallest absolute Gasteiger partial charge is 0.185 e. The van der Waals surface area contributed by atoms with Gasteiger partial charge in [0.2, 0.25) is 0 Å². The summed E-state index contributed by atoms with van der Waals surface area (Å²) in [5.74, 6) is -1.96. The summed E-state index contributed by atoms with van der Waals surface area (Å²) < 4.78 is 30.5. The van der Waals surface area contributed by atoms with Gasteiger partial charge < -0.3 is 4.42 Å². The Balaban J connectivity index is 2.83. The molecule has 1 aromatic heterocycles. The van der Waals surface area contributed by atoms with Gasteiger partial charge in [0.25, 0.3) is 0 Å². The first-order valence-corrected chi connectivity index (χ1v) is 3.55. The van der Waals surface area contributed by atoms with Crippen LogP contribution in [0, 0.1) is 11.6 Å². The molecule has 0 aliphatic heterocycles. The van der Waals surface area contributed by atoms with E-state index in [-0.39, 0.29) is 16.7 Å². The lowest BCUT2D eigenvalue weighted by atomic mass is 10.2. The Labute approximate surface area is 71.8 Å². The Hall–Kier alpha value is -1.71. The van der Waals surface area contributed by atoms with Gasteiger partial charge in [0.05, 0.1) is 5.39 Å². The van der Waals surface area contributed by atoms with Crippen molar-refractivity contribution in [3.05, 3.63) is 35.6 Å². The van der Waals surface area contributed by atoms with Crippen LogP contribution < -0.4 is 0 Å². The van der Waals surface area contributed by atoms with Gasteiger partial charge in [0.1, 0.15) is 5.58 Å². The number of furan rings is 1. The van der Waals surface area contributed by atoms with Crippen LogP contribution in [0.4, 0.5) is 8.78 Å². The molecule has 0 spiro atoms. The van der Waals surface area contributed by atoms with Crippen LogP contribution in [-0.4, -0.2) is 6.29 Å². The van der Waals surface area contributed by atoms with Crippen molar-refractivity contribution in [2.45, 2.75) is 0 Å². The van der Waals surface area contributed by atoms with E-state index in [0.717, 1.165) is 6.07 Å². The summed E-state index contributed by atoms with van der Waals surface area (Å²) in [6, 6.07) is 3.40.